The predicted molar refractivity (Wildman–Crippen MR) is 115 cm³/mol. The molecule has 1 atom stereocenters. The van der Waals surface area contributed by atoms with Gasteiger partial charge in [0.05, 0.1) is 11.1 Å². The van der Waals surface area contributed by atoms with Gasteiger partial charge in [-0.15, -0.1) is 0 Å². The molecule has 0 spiro atoms. The van der Waals surface area contributed by atoms with Crippen LogP contribution < -0.4 is 15.5 Å². The molecule has 25 heavy (non-hydrogen) atoms. The van der Waals surface area contributed by atoms with Crippen LogP contribution in [0.1, 0.15) is 31.4 Å². The summed E-state index contributed by atoms with van der Waals surface area (Å²) in [6.45, 7) is 4.43. The summed E-state index contributed by atoms with van der Waals surface area (Å²) in [7, 11) is 0. The lowest BCUT2D eigenvalue weighted by atomic mass is 10.1. The SMILES string of the molecule is C[C@H](NC(=S)Nc1ccc(Br)c(Cl)c1)c1ccc(N2CCCC2)cc1. The van der Waals surface area contributed by atoms with Crippen molar-refractivity contribution in [3.05, 3.63) is 57.5 Å². The third kappa shape index (κ3) is 4.87. The molecule has 3 rings (SSSR count). The topological polar surface area (TPSA) is 27.3 Å². The Kier molecular flexibility index (Phi) is 6.20. The quantitative estimate of drug-likeness (QED) is 0.594. The first-order valence-corrected chi connectivity index (χ1v) is 9.98. The molecule has 2 aromatic rings. The molecular formula is C19H21BrClN3S. The fraction of sp³-hybridized carbons (Fsp3) is 0.316. The van der Waals surface area contributed by atoms with Crippen molar-refractivity contribution in [2.75, 3.05) is 23.3 Å². The molecule has 3 nitrogen and oxygen atoms in total. The number of nitrogens with zero attached hydrogens (tertiary/aromatic N) is 1. The van der Waals surface area contributed by atoms with Crippen LogP contribution in [0.2, 0.25) is 5.02 Å². The highest BCUT2D eigenvalue weighted by Crippen LogP contribution is 2.26. The molecule has 0 unspecified atom stereocenters. The normalized spacial score (nSPS) is 15.1. The van der Waals surface area contributed by atoms with Crippen molar-refractivity contribution in [3.8, 4) is 0 Å². The summed E-state index contributed by atoms with van der Waals surface area (Å²) in [5, 5.41) is 7.72. The van der Waals surface area contributed by atoms with Crippen LogP contribution in [0.5, 0.6) is 0 Å². The van der Waals surface area contributed by atoms with Crippen molar-refractivity contribution in [3.63, 3.8) is 0 Å². The van der Waals surface area contributed by atoms with Crippen LogP contribution in [0.15, 0.2) is 46.9 Å². The minimum Gasteiger partial charge on any atom is -0.372 e. The zero-order valence-electron chi connectivity index (χ0n) is 14.1. The molecule has 0 amide bonds. The third-order valence-corrected chi connectivity index (χ3v) is 5.84. The molecule has 1 fully saturated rings. The van der Waals surface area contributed by atoms with Crippen LogP contribution in [-0.2, 0) is 0 Å². The largest absolute Gasteiger partial charge is 0.372 e. The first-order chi connectivity index (χ1) is 12.0. The minimum absolute atomic E-state index is 0.124. The summed E-state index contributed by atoms with van der Waals surface area (Å²) in [5.41, 5.74) is 3.38. The summed E-state index contributed by atoms with van der Waals surface area (Å²) in [6.07, 6.45) is 2.58. The third-order valence-electron chi connectivity index (χ3n) is 4.39. The molecule has 1 aliphatic rings. The number of nitrogens with one attached hydrogen (secondary N) is 2. The Morgan fingerprint density at radius 2 is 1.84 bits per heavy atom. The number of benzene rings is 2. The van der Waals surface area contributed by atoms with E-state index in [9.17, 15) is 0 Å². The van der Waals surface area contributed by atoms with Gasteiger partial charge in [-0.2, -0.15) is 0 Å². The smallest absolute Gasteiger partial charge is 0.171 e. The van der Waals surface area contributed by atoms with Crippen LogP contribution in [0.4, 0.5) is 11.4 Å². The molecule has 2 N–H and O–H groups in total. The average Bonchev–Trinajstić information content (AvgIpc) is 3.13. The zero-order valence-corrected chi connectivity index (χ0v) is 17.2. The maximum Gasteiger partial charge on any atom is 0.171 e. The summed E-state index contributed by atoms with van der Waals surface area (Å²) in [5.74, 6) is 0. The van der Waals surface area contributed by atoms with Crippen molar-refractivity contribution in [2.45, 2.75) is 25.8 Å². The van der Waals surface area contributed by atoms with Crippen LogP contribution >= 0.6 is 39.7 Å². The van der Waals surface area contributed by atoms with Gasteiger partial charge in [0.2, 0.25) is 0 Å². The molecule has 1 saturated heterocycles. The number of thiocarbonyl (C=S) groups is 1. The second-order valence-corrected chi connectivity index (χ2v) is 7.90. The van der Waals surface area contributed by atoms with E-state index >= 15 is 0 Å². The fourth-order valence-corrected chi connectivity index (χ4v) is 3.69. The second kappa shape index (κ2) is 8.39. The van der Waals surface area contributed by atoms with E-state index in [2.05, 4.69) is 62.7 Å². The average molecular weight is 439 g/mol. The molecule has 0 aromatic heterocycles. The number of hydrogen-bond acceptors (Lipinski definition) is 2. The lowest BCUT2D eigenvalue weighted by Gasteiger charge is -2.20. The highest BCUT2D eigenvalue weighted by molar-refractivity contribution is 9.10. The monoisotopic (exact) mass is 437 g/mol. The van der Waals surface area contributed by atoms with E-state index in [-0.39, 0.29) is 6.04 Å². The Morgan fingerprint density at radius 1 is 1.16 bits per heavy atom. The van der Waals surface area contributed by atoms with E-state index < -0.39 is 0 Å². The molecule has 0 radical (unpaired) electrons. The zero-order chi connectivity index (χ0) is 17.8. The second-order valence-electron chi connectivity index (χ2n) is 6.23. The van der Waals surface area contributed by atoms with Gasteiger partial charge in [0, 0.05) is 28.9 Å². The Labute approximate surface area is 167 Å². The standard InChI is InChI=1S/C19H21BrClN3S/c1-13(14-4-7-16(8-5-14)24-10-2-3-11-24)22-19(25)23-15-6-9-17(20)18(21)12-15/h4-9,12-13H,2-3,10-11H2,1H3,(H2,22,23,25)/t13-/m0/s1. The van der Waals surface area contributed by atoms with Crippen LogP contribution in [0.25, 0.3) is 0 Å². The lowest BCUT2D eigenvalue weighted by molar-refractivity contribution is 0.722. The van der Waals surface area contributed by atoms with Gasteiger partial charge in [-0.1, -0.05) is 23.7 Å². The number of hydrogen-bond donors (Lipinski definition) is 2. The molecule has 132 valence electrons. The molecule has 1 aliphatic heterocycles. The van der Waals surface area contributed by atoms with E-state index in [4.69, 9.17) is 23.8 Å². The van der Waals surface area contributed by atoms with Crippen molar-refractivity contribution in [2.24, 2.45) is 0 Å². The minimum atomic E-state index is 0.124. The van der Waals surface area contributed by atoms with E-state index in [0.29, 0.717) is 10.1 Å². The highest BCUT2D eigenvalue weighted by atomic mass is 79.9. The van der Waals surface area contributed by atoms with Gasteiger partial charge >= 0.3 is 0 Å². The number of anilines is 2. The first-order valence-electron chi connectivity index (χ1n) is 8.40. The maximum absolute atomic E-state index is 6.11. The van der Waals surface area contributed by atoms with Gasteiger partial charge in [0.15, 0.2) is 5.11 Å². The molecule has 6 heteroatoms. The summed E-state index contributed by atoms with van der Waals surface area (Å²) in [6, 6.07) is 14.5. The van der Waals surface area contributed by atoms with Crippen LogP contribution in [-0.4, -0.2) is 18.2 Å². The van der Waals surface area contributed by atoms with Gasteiger partial charge in [0.1, 0.15) is 0 Å². The Balaban J connectivity index is 1.58. The van der Waals surface area contributed by atoms with Gasteiger partial charge in [-0.05, 0) is 83.8 Å². The molecular weight excluding hydrogens is 418 g/mol. The predicted octanol–water partition coefficient (Wildman–Crippen LogP) is 5.75. The Bertz CT molecular complexity index is 745. The molecule has 0 bridgehead atoms. The molecule has 2 aromatic carbocycles. The fourth-order valence-electron chi connectivity index (χ4n) is 2.97. The van der Waals surface area contributed by atoms with Crippen LogP contribution in [0.3, 0.4) is 0 Å². The van der Waals surface area contributed by atoms with Crippen molar-refractivity contribution in [1.82, 2.24) is 5.32 Å². The Hall–Kier alpha value is -1.30. The Morgan fingerprint density at radius 3 is 2.48 bits per heavy atom. The van der Waals surface area contributed by atoms with Crippen LogP contribution in [0, 0.1) is 0 Å². The van der Waals surface area contributed by atoms with E-state index in [1.165, 1.54) is 24.1 Å². The summed E-state index contributed by atoms with van der Waals surface area (Å²) < 4.78 is 0.866. The molecule has 0 aliphatic carbocycles. The highest BCUT2D eigenvalue weighted by Gasteiger charge is 2.13. The summed E-state index contributed by atoms with van der Waals surface area (Å²) in [4.78, 5) is 2.44. The van der Waals surface area contributed by atoms with Gasteiger partial charge < -0.3 is 15.5 Å². The summed E-state index contributed by atoms with van der Waals surface area (Å²) >= 11 is 14.9. The van der Waals surface area contributed by atoms with E-state index in [0.717, 1.165) is 23.2 Å². The van der Waals surface area contributed by atoms with Crippen molar-refractivity contribution in [1.29, 1.82) is 0 Å². The number of rotatable bonds is 4. The van der Waals surface area contributed by atoms with Gasteiger partial charge in [0.25, 0.3) is 0 Å². The lowest BCUT2D eigenvalue weighted by Crippen LogP contribution is -2.30. The van der Waals surface area contributed by atoms with Crippen molar-refractivity contribution < 1.29 is 0 Å². The molecule has 1 heterocycles. The van der Waals surface area contributed by atoms with E-state index in [1.54, 1.807) is 0 Å². The van der Waals surface area contributed by atoms with Gasteiger partial charge in [-0.25, -0.2) is 0 Å². The van der Waals surface area contributed by atoms with Crippen molar-refractivity contribution >= 4 is 56.2 Å². The maximum atomic E-state index is 6.11. The number of halogens is 2. The van der Waals surface area contributed by atoms with Gasteiger partial charge in [-0.3, -0.25) is 0 Å². The molecule has 0 saturated carbocycles. The first kappa shape index (κ1) is 18.5. The van der Waals surface area contributed by atoms with E-state index in [1.807, 2.05) is 18.2 Å².